The molecule has 7 heteroatoms. The lowest BCUT2D eigenvalue weighted by Gasteiger charge is -2.05. The van der Waals surface area contributed by atoms with Crippen LogP contribution in [0, 0.1) is 0 Å². The van der Waals surface area contributed by atoms with Crippen LogP contribution in [0.3, 0.4) is 0 Å². The Bertz CT molecular complexity index is 802. The molecule has 0 unspecified atom stereocenters. The number of rotatable bonds is 5. The molecule has 0 spiro atoms. The average Bonchev–Trinajstić information content (AvgIpc) is 3.11. The molecule has 7 nitrogen and oxygen atoms in total. The van der Waals surface area contributed by atoms with Gasteiger partial charge in [-0.3, -0.25) is 9.78 Å². The molecule has 1 N–H and O–H groups in total. The fraction of sp³-hybridized carbons (Fsp3) is 0.125. The number of hydrogen-bond acceptors (Lipinski definition) is 6. The number of hydrogen-bond donors (Lipinski definition) is 1. The predicted octanol–water partition coefficient (Wildman–Crippen LogP) is 2.07. The lowest BCUT2D eigenvalue weighted by Crippen LogP contribution is -2.23. The first-order valence-electron chi connectivity index (χ1n) is 6.91. The quantitative estimate of drug-likeness (QED) is 0.776. The first-order chi connectivity index (χ1) is 11.3. The van der Waals surface area contributed by atoms with Crippen molar-refractivity contribution in [1.29, 1.82) is 0 Å². The molecule has 1 aromatic carbocycles. The van der Waals surface area contributed by atoms with Crippen LogP contribution in [0.1, 0.15) is 16.2 Å². The molecule has 0 aliphatic rings. The fourth-order valence-electron chi connectivity index (χ4n) is 1.96. The van der Waals surface area contributed by atoms with E-state index >= 15 is 0 Å². The minimum Gasteiger partial charge on any atom is -0.497 e. The molecule has 23 heavy (non-hydrogen) atoms. The van der Waals surface area contributed by atoms with Gasteiger partial charge in [0, 0.05) is 18.9 Å². The van der Waals surface area contributed by atoms with Gasteiger partial charge in [0.2, 0.25) is 5.89 Å². The number of aromatic nitrogens is 3. The number of nitrogens with zero attached hydrogens (tertiary/aromatic N) is 3. The van der Waals surface area contributed by atoms with Crippen molar-refractivity contribution in [3.63, 3.8) is 0 Å². The monoisotopic (exact) mass is 310 g/mol. The smallest absolute Gasteiger partial charge is 0.309 e. The number of ether oxygens (including phenoxy) is 1. The Morgan fingerprint density at radius 2 is 2.17 bits per heavy atom. The Balaban J connectivity index is 1.66. The van der Waals surface area contributed by atoms with Crippen molar-refractivity contribution < 1.29 is 13.9 Å². The zero-order valence-electron chi connectivity index (χ0n) is 12.4. The summed E-state index contributed by atoms with van der Waals surface area (Å²) >= 11 is 0. The molecule has 1 amide bonds. The molecule has 0 aliphatic heterocycles. The number of amides is 1. The van der Waals surface area contributed by atoms with Gasteiger partial charge < -0.3 is 14.5 Å². The summed E-state index contributed by atoms with van der Waals surface area (Å²) in [7, 11) is 1.59. The molecule has 0 fully saturated rings. The van der Waals surface area contributed by atoms with Gasteiger partial charge in [0.05, 0.1) is 12.7 Å². The second-order valence-corrected chi connectivity index (χ2v) is 4.69. The van der Waals surface area contributed by atoms with E-state index in [1.807, 2.05) is 24.3 Å². The number of benzene rings is 1. The molecule has 116 valence electrons. The minimum atomic E-state index is -0.435. The van der Waals surface area contributed by atoms with E-state index in [4.69, 9.17) is 9.15 Å². The third kappa shape index (κ3) is 3.52. The van der Waals surface area contributed by atoms with Gasteiger partial charge in [0.15, 0.2) is 0 Å². The standard InChI is InChI=1S/C16H14N4O3/c1-22-13-6-2-4-11(8-13)9-18-14(21)16-20-19-15(23-16)12-5-3-7-17-10-12/h2-8,10H,9H2,1H3,(H,18,21). The molecule has 0 atom stereocenters. The third-order valence-corrected chi connectivity index (χ3v) is 3.11. The Labute approximate surface area is 132 Å². The molecule has 0 saturated heterocycles. The SMILES string of the molecule is COc1cccc(CNC(=O)c2nnc(-c3cccnc3)o2)c1. The van der Waals surface area contributed by atoms with E-state index < -0.39 is 5.91 Å². The Morgan fingerprint density at radius 1 is 1.26 bits per heavy atom. The summed E-state index contributed by atoms with van der Waals surface area (Å²) in [4.78, 5) is 16.0. The summed E-state index contributed by atoms with van der Waals surface area (Å²) in [5, 5.41) is 10.3. The lowest BCUT2D eigenvalue weighted by atomic mass is 10.2. The van der Waals surface area contributed by atoms with Gasteiger partial charge in [-0.2, -0.15) is 0 Å². The third-order valence-electron chi connectivity index (χ3n) is 3.11. The van der Waals surface area contributed by atoms with Gasteiger partial charge in [-0.1, -0.05) is 12.1 Å². The molecular formula is C16H14N4O3. The van der Waals surface area contributed by atoms with Crippen LogP contribution in [-0.2, 0) is 6.54 Å². The maximum absolute atomic E-state index is 12.1. The predicted molar refractivity (Wildman–Crippen MR) is 81.7 cm³/mol. The number of pyridine rings is 1. The summed E-state index contributed by atoms with van der Waals surface area (Å²) in [6.07, 6.45) is 3.23. The minimum absolute atomic E-state index is 0.0910. The Morgan fingerprint density at radius 3 is 2.96 bits per heavy atom. The van der Waals surface area contributed by atoms with Crippen LogP contribution in [0.2, 0.25) is 0 Å². The van der Waals surface area contributed by atoms with Crippen molar-refractivity contribution >= 4 is 5.91 Å². The van der Waals surface area contributed by atoms with Crippen molar-refractivity contribution in [2.75, 3.05) is 7.11 Å². The van der Waals surface area contributed by atoms with Crippen LogP contribution in [0.4, 0.5) is 0 Å². The van der Waals surface area contributed by atoms with Gasteiger partial charge >= 0.3 is 11.8 Å². The van der Waals surface area contributed by atoms with Crippen molar-refractivity contribution in [3.8, 4) is 17.2 Å². The number of carbonyl (C=O) groups excluding carboxylic acids is 1. The van der Waals surface area contributed by atoms with Crippen molar-refractivity contribution in [1.82, 2.24) is 20.5 Å². The summed E-state index contributed by atoms with van der Waals surface area (Å²) < 4.78 is 10.5. The van der Waals surface area contributed by atoms with Crippen molar-refractivity contribution in [3.05, 3.63) is 60.2 Å². The maximum atomic E-state index is 12.1. The second-order valence-electron chi connectivity index (χ2n) is 4.69. The lowest BCUT2D eigenvalue weighted by molar-refractivity contribution is 0.0917. The highest BCUT2D eigenvalue weighted by Gasteiger charge is 2.15. The van der Waals surface area contributed by atoms with Crippen LogP contribution < -0.4 is 10.1 Å². The largest absolute Gasteiger partial charge is 0.497 e. The topological polar surface area (TPSA) is 90.1 Å². The molecule has 2 heterocycles. The normalized spacial score (nSPS) is 10.3. The molecule has 3 aromatic rings. The summed E-state index contributed by atoms with van der Waals surface area (Å²) in [5.41, 5.74) is 1.57. The zero-order valence-corrected chi connectivity index (χ0v) is 12.4. The Kier molecular flexibility index (Phi) is 4.28. The van der Waals surface area contributed by atoms with Crippen LogP contribution in [0.15, 0.2) is 53.2 Å². The molecule has 2 aromatic heterocycles. The van der Waals surface area contributed by atoms with E-state index in [0.717, 1.165) is 11.3 Å². The molecule has 0 saturated carbocycles. The highest BCUT2D eigenvalue weighted by molar-refractivity contribution is 5.89. The van der Waals surface area contributed by atoms with E-state index in [1.165, 1.54) is 0 Å². The molecule has 0 aliphatic carbocycles. The van der Waals surface area contributed by atoms with Crippen molar-refractivity contribution in [2.24, 2.45) is 0 Å². The van der Waals surface area contributed by atoms with Crippen LogP contribution in [0.5, 0.6) is 5.75 Å². The van der Waals surface area contributed by atoms with E-state index in [1.54, 1.807) is 31.6 Å². The van der Waals surface area contributed by atoms with Crippen molar-refractivity contribution in [2.45, 2.75) is 6.54 Å². The first-order valence-corrected chi connectivity index (χ1v) is 6.91. The molecular weight excluding hydrogens is 296 g/mol. The average molecular weight is 310 g/mol. The van der Waals surface area contributed by atoms with E-state index in [2.05, 4.69) is 20.5 Å². The van der Waals surface area contributed by atoms with E-state index in [9.17, 15) is 4.79 Å². The van der Waals surface area contributed by atoms with Gasteiger partial charge in [0.25, 0.3) is 0 Å². The van der Waals surface area contributed by atoms with E-state index in [0.29, 0.717) is 12.1 Å². The molecule has 3 rings (SSSR count). The highest BCUT2D eigenvalue weighted by atomic mass is 16.5. The van der Waals surface area contributed by atoms with Gasteiger partial charge in [-0.15, -0.1) is 10.2 Å². The van der Waals surface area contributed by atoms with Crippen LogP contribution in [0.25, 0.3) is 11.5 Å². The van der Waals surface area contributed by atoms with Crippen LogP contribution >= 0.6 is 0 Å². The molecule has 0 bridgehead atoms. The van der Waals surface area contributed by atoms with Crippen LogP contribution in [-0.4, -0.2) is 28.2 Å². The highest BCUT2D eigenvalue weighted by Crippen LogP contribution is 2.16. The first kappa shape index (κ1) is 14.7. The number of carbonyl (C=O) groups is 1. The Hall–Kier alpha value is -3.22. The summed E-state index contributed by atoms with van der Waals surface area (Å²) in [6.45, 7) is 0.334. The fourth-order valence-corrected chi connectivity index (χ4v) is 1.96. The van der Waals surface area contributed by atoms with E-state index in [-0.39, 0.29) is 11.8 Å². The number of nitrogens with one attached hydrogen (secondary N) is 1. The van der Waals surface area contributed by atoms with Gasteiger partial charge in [-0.05, 0) is 29.8 Å². The zero-order chi connectivity index (χ0) is 16.1. The summed E-state index contributed by atoms with van der Waals surface area (Å²) in [6, 6.07) is 10.9. The maximum Gasteiger partial charge on any atom is 0.309 e. The second kappa shape index (κ2) is 6.69. The van der Waals surface area contributed by atoms with Gasteiger partial charge in [0.1, 0.15) is 5.75 Å². The van der Waals surface area contributed by atoms with Gasteiger partial charge in [-0.25, -0.2) is 0 Å². The number of methoxy groups -OCH3 is 1. The molecule has 0 radical (unpaired) electrons. The summed E-state index contributed by atoms with van der Waals surface area (Å²) in [5.74, 6) is 0.459.